The van der Waals surface area contributed by atoms with Gasteiger partial charge in [-0.3, -0.25) is 14.3 Å². The minimum atomic E-state index is 0.116. The Hall–Kier alpha value is -1.94. The average molecular weight is 404 g/mol. The van der Waals surface area contributed by atoms with Gasteiger partial charge in [-0.1, -0.05) is 30.0 Å². The maximum absolute atomic E-state index is 12.5. The van der Waals surface area contributed by atoms with Crippen molar-refractivity contribution in [3.63, 3.8) is 0 Å². The van der Waals surface area contributed by atoms with Crippen LogP contribution in [0.3, 0.4) is 0 Å². The standard InChI is InChI=1S/C19H25N5O3S/c25-18(23-8-12-27-13-9-23)15-28-19-21-20-17(14-22-6-10-26-11-7-22)24(19)16-4-2-1-3-5-16/h1-5H,6-15H2. The molecule has 28 heavy (non-hydrogen) atoms. The van der Waals surface area contributed by atoms with Crippen LogP contribution >= 0.6 is 11.8 Å². The summed E-state index contributed by atoms with van der Waals surface area (Å²) in [6.45, 7) is 6.52. The Kier molecular flexibility index (Phi) is 6.58. The first-order chi connectivity index (χ1) is 13.8. The summed E-state index contributed by atoms with van der Waals surface area (Å²) in [6.07, 6.45) is 0. The zero-order valence-corrected chi connectivity index (χ0v) is 16.6. The molecule has 0 bridgehead atoms. The predicted octanol–water partition coefficient (Wildman–Crippen LogP) is 1.05. The van der Waals surface area contributed by atoms with E-state index in [0.29, 0.717) is 38.6 Å². The molecule has 0 radical (unpaired) electrons. The highest BCUT2D eigenvalue weighted by molar-refractivity contribution is 7.99. The number of carbonyl (C=O) groups is 1. The predicted molar refractivity (Wildman–Crippen MR) is 106 cm³/mol. The van der Waals surface area contributed by atoms with E-state index < -0.39 is 0 Å². The van der Waals surface area contributed by atoms with E-state index in [1.54, 1.807) is 0 Å². The number of ether oxygens (including phenoxy) is 2. The molecule has 4 rings (SSSR count). The van der Waals surface area contributed by atoms with Crippen molar-refractivity contribution < 1.29 is 14.3 Å². The minimum Gasteiger partial charge on any atom is -0.379 e. The largest absolute Gasteiger partial charge is 0.379 e. The van der Waals surface area contributed by atoms with E-state index in [2.05, 4.69) is 19.7 Å². The quantitative estimate of drug-likeness (QED) is 0.668. The van der Waals surface area contributed by atoms with Crippen LogP contribution in [0.4, 0.5) is 0 Å². The Morgan fingerprint density at radius 3 is 2.36 bits per heavy atom. The van der Waals surface area contributed by atoms with Gasteiger partial charge in [-0.25, -0.2) is 0 Å². The van der Waals surface area contributed by atoms with Crippen LogP contribution in [0.5, 0.6) is 0 Å². The molecule has 150 valence electrons. The fraction of sp³-hybridized carbons (Fsp3) is 0.526. The first kappa shape index (κ1) is 19.4. The zero-order valence-electron chi connectivity index (χ0n) is 15.8. The number of nitrogens with zero attached hydrogens (tertiary/aromatic N) is 5. The van der Waals surface area contributed by atoms with Crippen molar-refractivity contribution in [2.45, 2.75) is 11.7 Å². The molecule has 9 heteroatoms. The molecule has 2 fully saturated rings. The van der Waals surface area contributed by atoms with Crippen LogP contribution in [0, 0.1) is 0 Å². The van der Waals surface area contributed by atoms with Gasteiger partial charge in [0.05, 0.1) is 38.7 Å². The Bertz CT molecular complexity index is 773. The molecule has 1 aromatic heterocycles. The molecule has 0 saturated carbocycles. The first-order valence-electron chi connectivity index (χ1n) is 9.59. The lowest BCUT2D eigenvalue weighted by atomic mass is 10.3. The maximum Gasteiger partial charge on any atom is 0.233 e. The van der Waals surface area contributed by atoms with Crippen LogP contribution in [0.25, 0.3) is 5.69 Å². The number of hydrogen-bond acceptors (Lipinski definition) is 7. The molecule has 1 aromatic carbocycles. The SMILES string of the molecule is O=C(CSc1nnc(CN2CCOCC2)n1-c1ccccc1)N1CCOCC1. The average Bonchev–Trinajstić information content (AvgIpc) is 3.16. The summed E-state index contributed by atoms with van der Waals surface area (Å²) < 4.78 is 12.8. The molecule has 0 N–H and O–H groups in total. The maximum atomic E-state index is 12.5. The number of amides is 1. The van der Waals surface area contributed by atoms with Gasteiger partial charge in [0, 0.05) is 31.9 Å². The third-order valence-corrected chi connectivity index (χ3v) is 5.79. The Morgan fingerprint density at radius 2 is 1.64 bits per heavy atom. The van der Waals surface area contributed by atoms with Crippen molar-refractivity contribution in [1.29, 1.82) is 0 Å². The molecule has 8 nitrogen and oxygen atoms in total. The van der Waals surface area contributed by atoms with Crippen molar-refractivity contribution >= 4 is 17.7 Å². The van der Waals surface area contributed by atoms with Crippen LogP contribution in [-0.2, 0) is 20.8 Å². The summed E-state index contributed by atoms with van der Waals surface area (Å²) >= 11 is 1.44. The molecule has 2 saturated heterocycles. The number of benzene rings is 1. The van der Waals surface area contributed by atoms with Crippen LogP contribution in [0.2, 0.25) is 0 Å². The van der Waals surface area contributed by atoms with Crippen molar-refractivity contribution in [3.05, 3.63) is 36.2 Å². The molecule has 0 aliphatic carbocycles. The van der Waals surface area contributed by atoms with E-state index in [1.807, 2.05) is 35.2 Å². The van der Waals surface area contributed by atoms with Gasteiger partial charge in [0.1, 0.15) is 0 Å². The molecule has 0 atom stereocenters. The van der Waals surface area contributed by atoms with Crippen LogP contribution in [0.1, 0.15) is 5.82 Å². The topological polar surface area (TPSA) is 72.7 Å². The number of hydrogen-bond donors (Lipinski definition) is 0. The molecule has 3 heterocycles. The van der Waals surface area contributed by atoms with E-state index in [9.17, 15) is 4.79 Å². The highest BCUT2D eigenvalue weighted by Crippen LogP contribution is 2.23. The summed E-state index contributed by atoms with van der Waals surface area (Å²) in [7, 11) is 0. The fourth-order valence-electron chi connectivity index (χ4n) is 3.32. The monoisotopic (exact) mass is 403 g/mol. The molecule has 0 unspecified atom stereocenters. The van der Waals surface area contributed by atoms with Crippen molar-refractivity contribution in [2.75, 3.05) is 58.4 Å². The highest BCUT2D eigenvalue weighted by atomic mass is 32.2. The summed E-state index contributed by atoms with van der Waals surface area (Å²) in [4.78, 5) is 16.7. The van der Waals surface area contributed by atoms with Crippen molar-refractivity contribution in [2.24, 2.45) is 0 Å². The van der Waals surface area contributed by atoms with Gasteiger partial charge in [0.25, 0.3) is 0 Å². The molecule has 0 spiro atoms. The molecule has 2 aliphatic heterocycles. The lowest BCUT2D eigenvalue weighted by molar-refractivity contribution is -0.132. The van der Waals surface area contributed by atoms with Gasteiger partial charge < -0.3 is 14.4 Å². The number of carbonyl (C=O) groups excluding carboxylic acids is 1. The zero-order chi connectivity index (χ0) is 19.2. The van der Waals surface area contributed by atoms with Crippen molar-refractivity contribution in [1.82, 2.24) is 24.6 Å². The second-order valence-corrected chi connectivity index (χ2v) is 7.68. The lowest BCUT2D eigenvalue weighted by Gasteiger charge is -2.27. The van der Waals surface area contributed by atoms with Gasteiger partial charge in [-0.2, -0.15) is 0 Å². The van der Waals surface area contributed by atoms with Crippen LogP contribution < -0.4 is 0 Å². The van der Waals surface area contributed by atoms with E-state index >= 15 is 0 Å². The minimum absolute atomic E-state index is 0.116. The van der Waals surface area contributed by atoms with Gasteiger partial charge >= 0.3 is 0 Å². The van der Waals surface area contributed by atoms with E-state index in [1.165, 1.54) is 11.8 Å². The normalized spacial score (nSPS) is 18.4. The number of rotatable bonds is 6. The van der Waals surface area contributed by atoms with Crippen LogP contribution in [-0.4, -0.2) is 88.8 Å². The smallest absolute Gasteiger partial charge is 0.233 e. The number of aromatic nitrogens is 3. The number of morpholine rings is 2. The number of thioether (sulfide) groups is 1. The number of para-hydroxylation sites is 1. The van der Waals surface area contributed by atoms with Gasteiger partial charge in [-0.05, 0) is 12.1 Å². The second kappa shape index (κ2) is 9.51. The molecule has 2 aromatic rings. The third kappa shape index (κ3) is 4.72. The van der Waals surface area contributed by atoms with E-state index in [-0.39, 0.29) is 5.91 Å². The van der Waals surface area contributed by atoms with Crippen molar-refractivity contribution in [3.8, 4) is 5.69 Å². The second-order valence-electron chi connectivity index (χ2n) is 6.74. The van der Waals surface area contributed by atoms with Crippen LogP contribution in [0.15, 0.2) is 35.5 Å². The highest BCUT2D eigenvalue weighted by Gasteiger charge is 2.21. The summed E-state index contributed by atoms with van der Waals surface area (Å²) in [5.41, 5.74) is 1.01. The fourth-order valence-corrected chi connectivity index (χ4v) is 4.20. The van der Waals surface area contributed by atoms with E-state index in [4.69, 9.17) is 9.47 Å². The molecular weight excluding hydrogens is 378 g/mol. The first-order valence-corrected chi connectivity index (χ1v) is 10.6. The molecule has 2 aliphatic rings. The molecular formula is C19H25N5O3S. The van der Waals surface area contributed by atoms with Gasteiger partial charge in [0.2, 0.25) is 5.91 Å². The Morgan fingerprint density at radius 1 is 0.964 bits per heavy atom. The Balaban J connectivity index is 1.50. The summed E-state index contributed by atoms with van der Waals surface area (Å²) in [5, 5.41) is 9.59. The lowest BCUT2D eigenvalue weighted by Crippen LogP contribution is -2.41. The van der Waals surface area contributed by atoms with Gasteiger partial charge in [-0.15, -0.1) is 10.2 Å². The third-order valence-electron chi connectivity index (χ3n) is 4.87. The van der Waals surface area contributed by atoms with E-state index in [0.717, 1.165) is 43.0 Å². The summed E-state index contributed by atoms with van der Waals surface area (Å²) in [6, 6.07) is 10.1. The Labute approximate surface area is 168 Å². The molecule has 1 amide bonds. The summed E-state index contributed by atoms with van der Waals surface area (Å²) in [5.74, 6) is 1.35. The van der Waals surface area contributed by atoms with Gasteiger partial charge in [0.15, 0.2) is 11.0 Å².